The van der Waals surface area contributed by atoms with Crippen LogP contribution in [0.2, 0.25) is 0 Å². The van der Waals surface area contributed by atoms with Gasteiger partial charge in [0.05, 0.1) is 24.2 Å². The van der Waals surface area contributed by atoms with Crippen LogP contribution in [-0.2, 0) is 26.2 Å². The fourth-order valence-electron chi connectivity index (χ4n) is 4.13. The fraction of sp³-hybridized carbons (Fsp3) is 0.500. The number of carbonyl (C=O) groups is 2. The predicted octanol–water partition coefficient (Wildman–Crippen LogP) is 3.20. The molecule has 0 spiro atoms. The number of hydrogen-bond acceptors (Lipinski definition) is 5. The molecular formula is C24H33N3O5S. The first-order chi connectivity index (χ1) is 15.9. The lowest BCUT2D eigenvalue weighted by Crippen LogP contribution is -2.53. The number of nitrogens with zero attached hydrogens (tertiary/aromatic N) is 1. The molecule has 1 heterocycles. The van der Waals surface area contributed by atoms with Crippen molar-refractivity contribution in [1.29, 1.82) is 0 Å². The van der Waals surface area contributed by atoms with Crippen molar-refractivity contribution in [2.45, 2.75) is 75.4 Å². The third-order valence-electron chi connectivity index (χ3n) is 5.89. The van der Waals surface area contributed by atoms with E-state index in [4.69, 9.17) is 4.42 Å². The Balaban J connectivity index is 1.76. The summed E-state index contributed by atoms with van der Waals surface area (Å²) >= 11 is 0. The number of benzene rings is 1. The lowest BCUT2D eigenvalue weighted by Gasteiger charge is -2.32. The van der Waals surface area contributed by atoms with Gasteiger partial charge in [0.25, 0.3) is 0 Å². The number of nitrogens with one attached hydrogen (secondary N) is 2. The summed E-state index contributed by atoms with van der Waals surface area (Å²) in [7, 11) is -3.85. The molecule has 1 atom stereocenters. The van der Waals surface area contributed by atoms with Gasteiger partial charge in [-0.05, 0) is 43.5 Å². The predicted molar refractivity (Wildman–Crippen MR) is 125 cm³/mol. The van der Waals surface area contributed by atoms with E-state index in [1.54, 1.807) is 30.3 Å². The van der Waals surface area contributed by atoms with Crippen LogP contribution in [-0.4, -0.2) is 43.8 Å². The molecule has 1 fully saturated rings. The number of rotatable bonds is 11. The molecule has 1 aliphatic carbocycles. The number of carbonyl (C=O) groups excluding carboxylic acids is 2. The lowest BCUT2D eigenvalue weighted by molar-refractivity contribution is -0.141. The van der Waals surface area contributed by atoms with Crippen molar-refractivity contribution < 1.29 is 22.4 Å². The summed E-state index contributed by atoms with van der Waals surface area (Å²) in [6.07, 6.45) is 7.89. The van der Waals surface area contributed by atoms with Crippen molar-refractivity contribution in [3.63, 3.8) is 0 Å². The second-order valence-corrected chi connectivity index (χ2v) is 10.2. The van der Waals surface area contributed by atoms with Gasteiger partial charge in [-0.1, -0.05) is 50.8 Å². The summed E-state index contributed by atoms with van der Waals surface area (Å²) in [4.78, 5) is 28.0. The normalized spacial score (nSPS) is 15.7. The monoisotopic (exact) mass is 475 g/mol. The van der Waals surface area contributed by atoms with E-state index in [0.29, 0.717) is 18.6 Å². The molecule has 9 heteroatoms. The zero-order valence-electron chi connectivity index (χ0n) is 19.0. The summed E-state index contributed by atoms with van der Waals surface area (Å²) in [5.74, 6) is -0.154. The average molecular weight is 476 g/mol. The third-order valence-corrected chi connectivity index (χ3v) is 7.30. The van der Waals surface area contributed by atoms with E-state index in [1.165, 1.54) is 29.7 Å². The minimum atomic E-state index is -3.85. The molecule has 1 aliphatic rings. The Bertz CT molecular complexity index is 986. The number of sulfonamides is 1. The van der Waals surface area contributed by atoms with Gasteiger partial charge in [-0.25, -0.2) is 13.1 Å². The average Bonchev–Trinajstić information content (AvgIpc) is 3.34. The lowest BCUT2D eigenvalue weighted by atomic mass is 9.95. The fourth-order valence-corrected chi connectivity index (χ4v) is 5.13. The first-order valence-corrected chi connectivity index (χ1v) is 13.1. The van der Waals surface area contributed by atoms with Crippen LogP contribution in [0.3, 0.4) is 0 Å². The maximum absolute atomic E-state index is 13.2. The van der Waals surface area contributed by atoms with Gasteiger partial charge >= 0.3 is 0 Å². The maximum Gasteiger partial charge on any atom is 0.243 e. The van der Waals surface area contributed by atoms with Crippen LogP contribution in [0.15, 0.2) is 58.0 Å². The molecule has 33 heavy (non-hydrogen) atoms. The van der Waals surface area contributed by atoms with Crippen LogP contribution in [0, 0.1) is 0 Å². The van der Waals surface area contributed by atoms with Crippen molar-refractivity contribution in [2.75, 3.05) is 6.54 Å². The van der Waals surface area contributed by atoms with E-state index in [-0.39, 0.29) is 23.4 Å². The van der Waals surface area contributed by atoms with Crippen LogP contribution in [0.1, 0.15) is 57.6 Å². The van der Waals surface area contributed by atoms with Crippen LogP contribution >= 0.6 is 0 Å². The first kappa shape index (κ1) is 25.0. The van der Waals surface area contributed by atoms with E-state index in [2.05, 4.69) is 10.0 Å². The van der Waals surface area contributed by atoms with E-state index in [1.807, 2.05) is 6.92 Å². The Morgan fingerprint density at radius 2 is 1.82 bits per heavy atom. The summed E-state index contributed by atoms with van der Waals surface area (Å²) in [6.45, 7) is 1.59. The molecule has 8 nitrogen and oxygen atoms in total. The largest absolute Gasteiger partial charge is 0.467 e. The molecule has 0 saturated heterocycles. The van der Waals surface area contributed by atoms with Crippen LogP contribution in [0.25, 0.3) is 0 Å². The van der Waals surface area contributed by atoms with Gasteiger partial charge in [0, 0.05) is 6.04 Å². The van der Waals surface area contributed by atoms with E-state index < -0.39 is 28.5 Å². The Morgan fingerprint density at radius 1 is 1.09 bits per heavy atom. The zero-order chi connectivity index (χ0) is 23.7. The zero-order valence-corrected chi connectivity index (χ0v) is 19.9. The Morgan fingerprint density at radius 3 is 2.45 bits per heavy atom. The molecule has 1 aromatic carbocycles. The highest BCUT2D eigenvalue weighted by atomic mass is 32.2. The van der Waals surface area contributed by atoms with Crippen molar-refractivity contribution in [3.8, 4) is 0 Å². The molecule has 1 saturated carbocycles. The van der Waals surface area contributed by atoms with E-state index >= 15 is 0 Å². The Labute approximate surface area is 195 Å². The summed E-state index contributed by atoms with van der Waals surface area (Å²) in [6, 6.07) is 10.7. The summed E-state index contributed by atoms with van der Waals surface area (Å²) in [5.41, 5.74) is 0. The van der Waals surface area contributed by atoms with Gasteiger partial charge in [-0.15, -0.1) is 0 Å². The molecule has 0 aliphatic heterocycles. The molecule has 0 bridgehead atoms. The van der Waals surface area contributed by atoms with Crippen LogP contribution < -0.4 is 10.0 Å². The third kappa shape index (κ3) is 7.17. The highest BCUT2D eigenvalue weighted by molar-refractivity contribution is 7.89. The quantitative estimate of drug-likeness (QED) is 0.519. The molecule has 180 valence electrons. The van der Waals surface area contributed by atoms with E-state index in [0.717, 1.165) is 25.7 Å². The van der Waals surface area contributed by atoms with E-state index in [9.17, 15) is 18.0 Å². The molecule has 2 aromatic rings. The van der Waals surface area contributed by atoms with Crippen molar-refractivity contribution in [3.05, 3.63) is 54.5 Å². The summed E-state index contributed by atoms with van der Waals surface area (Å²) in [5, 5.41) is 3.11. The van der Waals surface area contributed by atoms with Gasteiger partial charge in [0.15, 0.2) is 0 Å². The van der Waals surface area contributed by atoms with Gasteiger partial charge in [0.1, 0.15) is 11.8 Å². The van der Waals surface area contributed by atoms with Crippen molar-refractivity contribution >= 4 is 21.8 Å². The molecule has 2 amide bonds. The molecule has 3 rings (SSSR count). The number of hydrogen-bond donors (Lipinski definition) is 2. The molecule has 0 unspecified atom stereocenters. The standard InChI is InChI=1S/C24H33N3O5S/c1-2-10-22(24(29)26-19-11-5-3-6-12-19)27(18-20-13-9-16-32-20)23(28)17-25-33(30,31)21-14-7-4-8-15-21/h4,7-9,13-16,19,22,25H,2-3,5-6,10-12,17-18H2,1H3,(H,26,29)/t22-/m0/s1. The second kappa shape index (κ2) is 12.0. The molecule has 2 N–H and O–H groups in total. The topological polar surface area (TPSA) is 109 Å². The molecule has 1 aromatic heterocycles. The smallest absolute Gasteiger partial charge is 0.243 e. The van der Waals surface area contributed by atoms with Gasteiger partial charge in [0.2, 0.25) is 21.8 Å². The van der Waals surface area contributed by atoms with Crippen molar-refractivity contribution in [2.24, 2.45) is 0 Å². The van der Waals surface area contributed by atoms with Crippen molar-refractivity contribution in [1.82, 2.24) is 14.9 Å². The first-order valence-electron chi connectivity index (χ1n) is 11.6. The van der Waals surface area contributed by atoms with Crippen LogP contribution in [0.4, 0.5) is 0 Å². The minimum Gasteiger partial charge on any atom is -0.467 e. The SMILES string of the molecule is CCC[C@@H](C(=O)NC1CCCCC1)N(Cc1ccco1)C(=O)CNS(=O)(=O)c1ccccc1. The second-order valence-electron chi connectivity index (χ2n) is 8.39. The minimum absolute atomic E-state index is 0.0792. The van der Waals surface area contributed by atoms with Gasteiger partial charge < -0.3 is 14.6 Å². The maximum atomic E-state index is 13.2. The Kier molecular flexibility index (Phi) is 9.08. The molecule has 0 radical (unpaired) electrons. The van der Waals surface area contributed by atoms with Gasteiger partial charge in [-0.3, -0.25) is 9.59 Å². The number of furan rings is 1. The highest BCUT2D eigenvalue weighted by Crippen LogP contribution is 2.19. The molecular weight excluding hydrogens is 442 g/mol. The number of amides is 2. The van der Waals surface area contributed by atoms with Crippen LogP contribution in [0.5, 0.6) is 0 Å². The highest BCUT2D eigenvalue weighted by Gasteiger charge is 2.32. The summed E-state index contributed by atoms with van der Waals surface area (Å²) < 4.78 is 33.0. The Hall–Kier alpha value is -2.65. The van der Waals surface area contributed by atoms with Gasteiger partial charge in [-0.2, -0.15) is 0 Å².